The van der Waals surface area contributed by atoms with E-state index < -0.39 is 0 Å². The summed E-state index contributed by atoms with van der Waals surface area (Å²) >= 11 is 5.01. The van der Waals surface area contributed by atoms with Gasteiger partial charge in [-0.2, -0.15) is 0 Å². The SMILES string of the molecule is CC/N=C/Cl.Cl. The normalized spacial score (nSPS) is 8.33. The summed E-state index contributed by atoms with van der Waals surface area (Å²) < 4.78 is 0. The minimum absolute atomic E-state index is 0. The summed E-state index contributed by atoms with van der Waals surface area (Å²) in [6.45, 7) is 2.71. The summed E-state index contributed by atoms with van der Waals surface area (Å²) in [4.78, 5) is 3.61. The zero-order chi connectivity index (χ0) is 4.12. The molecule has 0 aromatic heterocycles. The van der Waals surface area contributed by atoms with Crippen LogP contribution in [0, 0.1) is 0 Å². The smallest absolute Gasteiger partial charge is 0.0870 e. The van der Waals surface area contributed by atoms with Gasteiger partial charge in [0.2, 0.25) is 0 Å². The van der Waals surface area contributed by atoms with Crippen molar-refractivity contribution in [3.8, 4) is 0 Å². The van der Waals surface area contributed by atoms with E-state index in [4.69, 9.17) is 11.6 Å². The van der Waals surface area contributed by atoms with Crippen LogP contribution < -0.4 is 0 Å². The summed E-state index contributed by atoms with van der Waals surface area (Å²) in [6, 6.07) is 0. The van der Waals surface area contributed by atoms with Gasteiger partial charge in [0.15, 0.2) is 0 Å². The Balaban J connectivity index is 0. The van der Waals surface area contributed by atoms with Gasteiger partial charge in [-0.15, -0.1) is 12.4 Å². The monoisotopic (exact) mass is 127 g/mol. The van der Waals surface area contributed by atoms with Crippen LogP contribution in [0.15, 0.2) is 4.99 Å². The molecule has 38 valence electrons. The predicted molar refractivity (Wildman–Crippen MR) is 32.1 cm³/mol. The van der Waals surface area contributed by atoms with E-state index in [9.17, 15) is 0 Å². The van der Waals surface area contributed by atoms with Gasteiger partial charge < -0.3 is 0 Å². The van der Waals surface area contributed by atoms with E-state index in [-0.39, 0.29) is 12.4 Å². The van der Waals surface area contributed by atoms with Gasteiger partial charge in [-0.3, -0.25) is 4.99 Å². The van der Waals surface area contributed by atoms with Crippen LogP contribution in [0.2, 0.25) is 0 Å². The van der Waals surface area contributed by atoms with Crippen LogP contribution in [0.25, 0.3) is 0 Å². The molecule has 0 rings (SSSR count). The van der Waals surface area contributed by atoms with E-state index in [1.165, 1.54) is 5.67 Å². The number of nitrogens with zero attached hydrogens (tertiary/aromatic N) is 1. The largest absolute Gasteiger partial charge is 0.281 e. The van der Waals surface area contributed by atoms with Crippen molar-refractivity contribution in [3.63, 3.8) is 0 Å². The fourth-order valence-electron chi connectivity index (χ4n) is 0.0690. The summed E-state index contributed by atoms with van der Waals surface area (Å²) in [6.07, 6.45) is 0. The lowest BCUT2D eigenvalue weighted by atomic mass is 10.8. The highest BCUT2D eigenvalue weighted by Crippen LogP contribution is 1.63. The van der Waals surface area contributed by atoms with Crippen molar-refractivity contribution < 1.29 is 0 Å². The molecule has 3 heteroatoms. The molecule has 0 spiro atoms. The van der Waals surface area contributed by atoms with Gasteiger partial charge in [-0.1, -0.05) is 11.6 Å². The third-order valence-corrected chi connectivity index (χ3v) is 0.390. The molecule has 0 aromatic carbocycles. The predicted octanol–water partition coefficient (Wildman–Crippen LogP) is 1.70. The zero-order valence-electron chi connectivity index (χ0n) is 3.52. The average molecular weight is 128 g/mol. The molecule has 0 saturated carbocycles. The molecule has 0 unspecified atom stereocenters. The van der Waals surface area contributed by atoms with Crippen molar-refractivity contribution in [3.05, 3.63) is 0 Å². The van der Waals surface area contributed by atoms with Gasteiger partial charge in [-0.05, 0) is 6.92 Å². The third-order valence-electron chi connectivity index (χ3n) is 0.252. The molecule has 0 aliphatic rings. The highest BCUT2D eigenvalue weighted by molar-refractivity contribution is 6.56. The summed E-state index contributed by atoms with van der Waals surface area (Å²) in [5.74, 6) is 0. The van der Waals surface area contributed by atoms with Crippen molar-refractivity contribution in [2.75, 3.05) is 6.54 Å². The van der Waals surface area contributed by atoms with Crippen LogP contribution in [0.1, 0.15) is 6.92 Å². The molecule has 0 atom stereocenters. The Morgan fingerprint density at radius 2 is 2.33 bits per heavy atom. The molecular weight excluding hydrogens is 121 g/mol. The maximum Gasteiger partial charge on any atom is 0.0870 e. The van der Waals surface area contributed by atoms with E-state index in [1.54, 1.807) is 0 Å². The van der Waals surface area contributed by atoms with Gasteiger partial charge in [0, 0.05) is 6.54 Å². The highest BCUT2D eigenvalue weighted by atomic mass is 35.5. The molecular formula is C3H7Cl2N. The fraction of sp³-hybridized carbons (Fsp3) is 0.667. The van der Waals surface area contributed by atoms with Gasteiger partial charge >= 0.3 is 0 Å². The van der Waals surface area contributed by atoms with Crippen LogP contribution in [0.4, 0.5) is 0 Å². The molecule has 0 radical (unpaired) electrons. The number of aliphatic imine (C=N–C) groups is 1. The molecule has 0 fully saturated rings. The maximum absolute atomic E-state index is 5.01. The molecule has 1 nitrogen and oxygen atoms in total. The van der Waals surface area contributed by atoms with Crippen LogP contribution in [0.3, 0.4) is 0 Å². The second-order valence-electron chi connectivity index (χ2n) is 0.596. The number of rotatable bonds is 1. The van der Waals surface area contributed by atoms with Crippen molar-refractivity contribution in [2.45, 2.75) is 6.92 Å². The van der Waals surface area contributed by atoms with Crippen LogP contribution in [-0.4, -0.2) is 12.2 Å². The molecule has 0 aliphatic heterocycles. The fourth-order valence-corrected chi connectivity index (χ4v) is 0.207. The Bertz CT molecular complexity index is 35.8. The van der Waals surface area contributed by atoms with Crippen LogP contribution in [0.5, 0.6) is 0 Å². The van der Waals surface area contributed by atoms with Crippen LogP contribution in [-0.2, 0) is 0 Å². The zero-order valence-corrected chi connectivity index (χ0v) is 5.09. The van der Waals surface area contributed by atoms with Gasteiger partial charge in [0.25, 0.3) is 0 Å². The highest BCUT2D eigenvalue weighted by Gasteiger charge is 1.52. The molecule has 0 N–H and O–H groups in total. The van der Waals surface area contributed by atoms with E-state index in [2.05, 4.69) is 4.99 Å². The summed E-state index contributed by atoms with van der Waals surface area (Å²) in [7, 11) is 0. The lowest BCUT2D eigenvalue weighted by Crippen LogP contribution is -1.60. The lowest BCUT2D eigenvalue weighted by Gasteiger charge is -1.66. The van der Waals surface area contributed by atoms with Crippen molar-refractivity contribution in [1.82, 2.24) is 0 Å². The Labute approximate surface area is 48.8 Å². The first-order valence-corrected chi connectivity index (χ1v) is 1.94. The average Bonchev–Trinajstić information content (AvgIpc) is 1.41. The molecule has 0 bridgehead atoms. The van der Waals surface area contributed by atoms with E-state index in [1.807, 2.05) is 6.92 Å². The molecule has 0 heterocycles. The molecule has 0 saturated heterocycles. The Morgan fingerprint density at radius 1 is 1.83 bits per heavy atom. The first-order valence-electron chi connectivity index (χ1n) is 1.50. The Hall–Kier alpha value is 0.250. The van der Waals surface area contributed by atoms with Crippen molar-refractivity contribution >= 4 is 29.7 Å². The van der Waals surface area contributed by atoms with Gasteiger partial charge in [0.1, 0.15) is 0 Å². The number of hydrogen-bond acceptors (Lipinski definition) is 1. The minimum atomic E-state index is 0. The Morgan fingerprint density at radius 3 is 2.33 bits per heavy atom. The molecule has 0 amide bonds. The minimum Gasteiger partial charge on any atom is -0.281 e. The number of halogens is 2. The van der Waals surface area contributed by atoms with Gasteiger partial charge in [-0.25, -0.2) is 0 Å². The standard InChI is InChI=1S/C3H6ClN.ClH/c1-2-5-3-4;/h3H,2H2,1H3;1H/b5-3+;. The van der Waals surface area contributed by atoms with Crippen molar-refractivity contribution in [1.29, 1.82) is 0 Å². The first kappa shape index (κ1) is 9.54. The topological polar surface area (TPSA) is 12.4 Å². The molecule has 0 aliphatic carbocycles. The lowest BCUT2D eigenvalue weighted by molar-refractivity contribution is 1.15. The number of hydrogen-bond donors (Lipinski definition) is 0. The Kier molecular flexibility index (Phi) is 14.3. The quantitative estimate of drug-likeness (QED) is 0.476. The second kappa shape index (κ2) is 8.98. The van der Waals surface area contributed by atoms with E-state index in [0.717, 1.165) is 6.54 Å². The van der Waals surface area contributed by atoms with Gasteiger partial charge in [0.05, 0.1) is 5.67 Å². The first-order chi connectivity index (χ1) is 2.41. The summed E-state index contributed by atoms with van der Waals surface area (Å²) in [5.41, 5.74) is 1.28. The third kappa shape index (κ3) is 8.87. The molecule has 6 heavy (non-hydrogen) atoms. The van der Waals surface area contributed by atoms with Crippen molar-refractivity contribution in [2.24, 2.45) is 4.99 Å². The second-order valence-corrected chi connectivity index (χ2v) is 0.792. The molecule has 0 aromatic rings. The van der Waals surface area contributed by atoms with Crippen LogP contribution >= 0.6 is 24.0 Å². The summed E-state index contributed by atoms with van der Waals surface area (Å²) in [5, 5.41) is 0. The van der Waals surface area contributed by atoms with E-state index in [0.29, 0.717) is 0 Å². The van der Waals surface area contributed by atoms with E-state index >= 15 is 0 Å². The maximum atomic E-state index is 5.01.